The van der Waals surface area contributed by atoms with E-state index in [1.54, 1.807) is 0 Å². The molecule has 2 rings (SSSR count). The average Bonchev–Trinajstić information content (AvgIpc) is 2.91. The number of hydrogen-bond donors (Lipinski definition) is 0. The molecule has 0 amide bonds. The van der Waals surface area contributed by atoms with Gasteiger partial charge in [-0.1, -0.05) is 104 Å². The molecule has 0 fully saturated rings. The summed E-state index contributed by atoms with van der Waals surface area (Å²) < 4.78 is 11.7. The van der Waals surface area contributed by atoms with Crippen LogP contribution in [0.25, 0.3) is 0 Å². The van der Waals surface area contributed by atoms with Crippen molar-refractivity contribution in [3.05, 3.63) is 48.5 Å². The Morgan fingerprint density at radius 2 is 0.722 bits per heavy atom. The highest BCUT2D eigenvalue weighted by atomic mass is 16.5. The summed E-state index contributed by atoms with van der Waals surface area (Å²) >= 11 is 0. The maximum atomic E-state index is 5.90. The minimum absolute atomic E-state index is 0.772. The van der Waals surface area contributed by atoms with Crippen LogP contribution < -0.4 is 9.47 Å². The van der Waals surface area contributed by atoms with E-state index in [9.17, 15) is 0 Å². The molecule has 0 saturated carbocycles. The third-order valence-corrected chi connectivity index (χ3v) is 6.49. The molecule has 0 aliphatic heterocycles. The van der Waals surface area contributed by atoms with Crippen LogP contribution in [0.3, 0.4) is 0 Å². The highest BCUT2D eigenvalue weighted by Crippen LogP contribution is 2.23. The lowest BCUT2D eigenvalue weighted by Gasteiger charge is -2.06. The Balaban J connectivity index is 1.52. The molecule has 4 nitrogen and oxygen atoms in total. The minimum Gasteiger partial charge on any atom is -0.494 e. The fourth-order valence-corrected chi connectivity index (χ4v) is 4.19. The fraction of sp³-hybridized carbons (Fsp3) is 0.625. The maximum Gasteiger partial charge on any atom is 0.119 e. The van der Waals surface area contributed by atoms with Gasteiger partial charge in [-0.2, -0.15) is 10.2 Å². The molecule has 0 unspecified atom stereocenters. The highest BCUT2D eigenvalue weighted by molar-refractivity contribution is 5.44. The van der Waals surface area contributed by atoms with E-state index in [0.717, 1.165) is 48.9 Å². The zero-order valence-electron chi connectivity index (χ0n) is 23.1. The monoisotopic (exact) mass is 494 g/mol. The number of hydrogen-bond acceptors (Lipinski definition) is 4. The Kier molecular flexibility index (Phi) is 17.3. The van der Waals surface area contributed by atoms with E-state index in [0.29, 0.717) is 0 Å². The average molecular weight is 495 g/mol. The number of unbranched alkanes of at least 4 members (excludes halogenated alkanes) is 14. The van der Waals surface area contributed by atoms with Crippen molar-refractivity contribution in [2.24, 2.45) is 10.2 Å². The highest BCUT2D eigenvalue weighted by Gasteiger charge is 1.98. The van der Waals surface area contributed by atoms with Crippen LogP contribution in [0.4, 0.5) is 11.4 Å². The molecular weight excluding hydrogens is 444 g/mol. The summed E-state index contributed by atoms with van der Waals surface area (Å²) in [5.74, 6) is 1.79. The normalized spacial score (nSPS) is 11.3. The van der Waals surface area contributed by atoms with Gasteiger partial charge in [0.15, 0.2) is 0 Å². The van der Waals surface area contributed by atoms with Crippen molar-refractivity contribution in [3.8, 4) is 11.5 Å². The van der Waals surface area contributed by atoms with Crippen LogP contribution in [0.2, 0.25) is 0 Å². The number of ether oxygens (including phenoxy) is 2. The number of nitrogens with zero attached hydrogens (tertiary/aromatic N) is 2. The molecule has 2 aromatic carbocycles. The van der Waals surface area contributed by atoms with Gasteiger partial charge in [-0.05, 0) is 61.4 Å². The predicted molar refractivity (Wildman–Crippen MR) is 153 cm³/mol. The zero-order chi connectivity index (χ0) is 25.5. The summed E-state index contributed by atoms with van der Waals surface area (Å²) in [6.45, 7) is 6.06. The molecule has 200 valence electrons. The van der Waals surface area contributed by atoms with Gasteiger partial charge in [-0.25, -0.2) is 0 Å². The topological polar surface area (TPSA) is 43.2 Å². The van der Waals surface area contributed by atoms with Gasteiger partial charge < -0.3 is 9.47 Å². The van der Waals surface area contributed by atoms with Gasteiger partial charge in [0.05, 0.1) is 24.6 Å². The van der Waals surface area contributed by atoms with Crippen LogP contribution in [0.1, 0.15) is 117 Å². The molecule has 0 radical (unpaired) electrons. The lowest BCUT2D eigenvalue weighted by molar-refractivity contribution is 0.304. The Hall–Kier alpha value is -2.36. The molecule has 0 aliphatic rings. The van der Waals surface area contributed by atoms with Crippen LogP contribution in [0.15, 0.2) is 58.8 Å². The van der Waals surface area contributed by atoms with E-state index >= 15 is 0 Å². The molecule has 0 aliphatic carbocycles. The first-order valence-electron chi connectivity index (χ1n) is 14.7. The fourth-order valence-electron chi connectivity index (χ4n) is 4.19. The van der Waals surface area contributed by atoms with Gasteiger partial charge in [0.2, 0.25) is 0 Å². The standard InChI is InChI=1S/C32H50N2O2/c1-3-5-7-9-10-11-12-13-14-15-16-18-28-36-32-25-21-30(22-26-32)34-33-29-19-23-31(24-20-29)35-27-17-8-6-4-2/h19-26H,3-18,27-28H2,1-2H3. The molecule has 0 saturated heterocycles. The van der Waals surface area contributed by atoms with Gasteiger partial charge in [-0.15, -0.1) is 0 Å². The Bertz CT molecular complexity index is 787. The second-order valence-corrected chi connectivity index (χ2v) is 9.83. The Morgan fingerprint density at radius 3 is 1.08 bits per heavy atom. The van der Waals surface area contributed by atoms with E-state index in [2.05, 4.69) is 24.1 Å². The van der Waals surface area contributed by atoms with Gasteiger partial charge in [-0.3, -0.25) is 0 Å². The van der Waals surface area contributed by atoms with Crippen molar-refractivity contribution in [2.45, 2.75) is 117 Å². The Labute approximate surface area is 220 Å². The first kappa shape index (κ1) is 29.9. The molecule has 0 bridgehead atoms. The second kappa shape index (κ2) is 20.8. The van der Waals surface area contributed by atoms with E-state index in [1.807, 2.05) is 48.5 Å². The minimum atomic E-state index is 0.772. The van der Waals surface area contributed by atoms with Crippen molar-refractivity contribution >= 4 is 11.4 Å². The van der Waals surface area contributed by atoms with Crippen LogP contribution in [-0.2, 0) is 0 Å². The van der Waals surface area contributed by atoms with Crippen LogP contribution in [0, 0.1) is 0 Å². The SMILES string of the molecule is CCCCCCCCCCCCCCOc1ccc(N=Nc2ccc(OCCCCCC)cc2)cc1. The number of azo groups is 1. The molecule has 0 atom stereocenters. The maximum absolute atomic E-state index is 5.90. The molecule has 4 heteroatoms. The summed E-state index contributed by atoms with van der Waals surface area (Å²) in [4.78, 5) is 0. The van der Waals surface area contributed by atoms with Gasteiger partial charge in [0.1, 0.15) is 11.5 Å². The summed E-state index contributed by atoms with van der Waals surface area (Å²) in [6.07, 6.45) is 21.2. The second-order valence-electron chi connectivity index (χ2n) is 9.83. The lowest BCUT2D eigenvalue weighted by atomic mass is 10.1. The van der Waals surface area contributed by atoms with Crippen molar-refractivity contribution in [3.63, 3.8) is 0 Å². The van der Waals surface area contributed by atoms with Crippen molar-refractivity contribution in [1.82, 2.24) is 0 Å². The molecule has 0 spiro atoms. The van der Waals surface area contributed by atoms with E-state index in [4.69, 9.17) is 9.47 Å². The first-order valence-corrected chi connectivity index (χ1v) is 14.7. The third-order valence-electron chi connectivity index (χ3n) is 6.49. The molecule has 0 N–H and O–H groups in total. The molecule has 36 heavy (non-hydrogen) atoms. The molecule has 0 heterocycles. The predicted octanol–water partition coefficient (Wildman–Crippen LogP) is 11.1. The van der Waals surface area contributed by atoms with Crippen molar-refractivity contribution in [1.29, 1.82) is 0 Å². The number of rotatable bonds is 22. The quantitative estimate of drug-likeness (QED) is 0.121. The smallest absolute Gasteiger partial charge is 0.119 e. The largest absolute Gasteiger partial charge is 0.494 e. The third kappa shape index (κ3) is 14.9. The van der Waals surface area contributed by atoms with Gasteiger partial charge in [0.25, 0.3) is 0 Å². The molecule has 2 aromatic rings. The van der Waals surface area contributed by atoms with Crippen LogP contribution >= 0.6 is 0 Å². The van der Waals surface area contributed by atoms with Crippen LogP contribution in [0.5, 0.6) is 11.5 Å². The van der Waals surface area contributed by atoms with Crippen LogP contribution in [-0.4, -0.2) is 13.2 Å². The summed E-state index contributed by atoms with van der Waals surface area (Å²) in [5, 5.41) is 8.68. The van der Waals surface area contributed by atoms with Gasteiger partial charge in [0, 0.05) is 0 Å². The summed E-state index contributed by atoms with van der Waals surface area (Å²) in [6, 6.07) is 15.7. The van der Waals surface area contributed by atoms with E-state index < -0.39 is 0 Å². The van der Waals surface area contributed by atoms with Crippen molar-refractivity contribution in [2.75, 3.05) is 13.2 Å². The van der Waals surface area contributed by atoms with Crippen molar-refractivity contribution < 1.29 is 9.47 Å². The first-order chi connectivity index (χ1) is 17.8. The lowest BCUT2D eigenvalue weighted by Crippen LogP contribution is -1.96. The Morgan fingerprint density at radius 1 is 0.417 bits per heavy atom. The number of benzene rings is 2. The molecular formula is C32H50N2O2. The van der Waals surface area contributed by atoms with E-state index in [-0.39, 0.29) is 0 Å². The summed E-state index contributed by atoms with van der Waals surface area (Å²) in [7, 11) is 0. The zero-order valence-corrected chi connectivity index (χ0v) is 23.1. The summed E-state index contributed by atoms with van der Waals surface area (Å²) in [5.41, 5.74) is 1.64. The van der Waals surface area contributed by atoms with Gasteiger partial charge >= 0.3 is 0 Å². The van der Waals surface area contributed by atoms with E-state index in [1.165, 1.54) is 89.9 Å². The molecule has 0 aromatic heterocycles.